The van der Waals surface area contributed by atoms with Crippen LogP contribution < -0.4 is 10.9 Å². The lowest BCUT2D eigenvalue weighted by Gasteiger charge is -2.14. The van der Waals surface area contributed by atoms with Gasteiger partial charge in [-0.2, -0.15) is 0 Å². The summed E-state index contributed by atoms with van der Waals surface area (Å²) in [5.74, 6) is 0.561. The van der Waals surface area contributed by atoms with Crippen molar-refractivity contribution in [3.8, 4) is 11.1 Å². The minimum atomic E-state index is -0.379. The Kier molecular flexibility index (Phi) is 6.69. The molecule has 0 radical (unpaired) electrons. The zero-order valence-electron chi connectivity index (χ0n) is 19.7. The number of benzene rings is 3. The van der Waals surface area contributed by atoms with Crippen molar-refractivity contribution in [1.82, 2.24) is 9.55 Å². The summed E-state index contributed by atoms with van der Waals surface area (Å²) < 4.78 is 6.88. The molecule has 5 aromatic rings. The van der Waals surface area contributed by atoms with Crippen LogP contribution in [0.15, 0.2) is 94.3 Å². The predicted molar refractivity (Wildman–Crippen MR) is 143 cm³/mol. The Hall–Kier alpha value is -4.16. The van der Waals surface area contributed by atoms with Gasteiger partial charge in [-0.3, -0.25) is 14.2 Å². The molecular formula is C29H24ClN3O3. The number of hydrogen-bond acceptors (Lipinski definition) is 4. The number of nitrogens with zero attached hydrogens (tertiary/aromatic N) is 2. The summed E-state index contributed by atoms with van der Waals surface area (Å²) in [6.45, 7) is 2.47. The van der Waals surface area contributed by atoms with Crippen LogP contribution in [0.4, 0.5) is 5.69 Å². The predicted octanol–water partition coefficient (Wildman–Crippen LogP) is 6.56. The molecule has 2 heterocycles. The van der Waals surface area contributed by atoms with Crippen molar-refractivity contribution in [3.05, 3.63) is 118 Å². The van der Waals surface area contributed by atoms with Gasteiger partial charge in [0.15, 0.2) is 5.76 Å². The van der Waals surface area contributed by atoms with E-state index in [0.717, 1.165) is 28.9 Å². The quantitative estimate of drug-likeness (QED) is 0.276. The molecule has 0 aliphatic carbocycles. The molecule has 180 valence electrons. The third kappa shape index (κ3) is 4.95. The minimum Gasteiger partial charge on any atom is -0.459 e. The number of rotatable bonds is 7. The lowest BCUT2D eigenvalue weighted by Crippen LogP contribution is -2.26. The van der Waals surface area contributed by atoms with Crippen LogP contribution >= 0.6 is 11.6 Å². The summed E-state index contributed by atoms with van der Waals surface area (Å²) in [6.07, 6.45) is 2.99. The number of amides is 1. The molecule has 1 N–H and O–H groups in total. The Morgan fingerprint density at radius 2 is 1.72 bits per heavy atom. The van der Waals surface area contributed by atoms with Gasteiger partial charge in [-0.1, -0.05) is 54.9 Å². The fourth-order valence-corrected chi connectivity index (χ4v) is 4.28. The first-order valence-corrected chi connectivity index (χ1v) is 12.1. The molecule has 0 aliphatic heterocycles. The second-order valence-corrected chi connectivity index (χ2v) is 8.97. The molecule has 7 heteroatoms. The largest absolute Gasteiger partial charge is 0.459 e. The average Bonchev–Trinajstić information content (AvgIpc) is 3.43. The maximum atomic E-state index is 13.6. The fourth-order valence-electron chi connectivity index (χ4n) is 4.15. The van der Waals surface area contributed by atoms with E-state index in [9.17, 15) is 9.59 Å². The second-order valence-electron chi connectivity index (χ2n) is 8.54. The third-order valence-corrected chi connectivity index (χ3v) is 6.23. The van der Waals surface area contributed by atoms with Crippen molar-refractivity contribution >= 4 is 34.1 Å². The molecule has 0 unspecified atom stereocenters. The second kappa shape index (κ2) is 10.2. The Morgan fingerprint density at radius 1 is 1.00 bits per heavy atom. The van der Waals surface area contributed by atoms with Crippen LogP contribution in [0.25, 0.3) is 22.0 Å². The van der Waals surface area contributed by atoms with E-state index in [1.165, 1.54) is 6.26 Å². The van der Waals surface area contributed by atoms with Crippen molar-refractivity contribution < 1.29 is 9.21 Å². The molecule has 0 spiro atoms. The zero-order chi connectivity index (χ0) is 25.1. The Labute approximate surface area is 213 Å². The van der Waals surface area contributed by atoms with Crippen LogP contribution in [0.2, 0.25) is 5.02 Å². The maximum Gasteiger partial charge on any atom is 0.291 e. The van der Waals surface area contributed by atoms with Gasteiger partial charge in [0.1, 0.15) is 5.82 Å². The van der Waals surface area contributed by atoms with Crippen molar-refractivity contribution in [2.24, 2.45) is 0 Å². The summed E-state index contributed by atoms with van der Waals surface area (Å²) in [5.41, 5.74) is 4.12. The molecule has 1 amide bonds. The Morgan fingerprint density at radius 3 is 2.39 bits per heavy atom. The molecule has 0 atom stereocenters. The van der Waals surface area contributed by atoms with Crippen LogP contribution in [0, 0.1) is 0 Å². The van der Waals surface area contributed by atoms with Crippen LogP contribution in [-0.2, 0) is 13.0 Å². The van der Waals surface area contributed by atoms with Crippen LogP contribution in [0.3, 0.4) is 0 Å². The monoisotopic (exact) mass is 497 g/mol. The van der Waals surface area contributed by atoms with E-state index in [4.69, 9.17) is 21.0 Å². The highest BCUT2D eigenvalue weighted by Crippen LogP contribution is 2.23. The number of fused-ring (bicyclic) bond motifs is 1. The number of halogens is 1. The maximum absolute atomic E-state index is 13.6. The molecule has 0 aliphatic rings. The highest BCUT2D eigenvalue weighted by molar-refractivity contribution is 6.30. The van der Waals surface area contributed by atoms with E-state index in [-0.39, 0.29) is 17.2 Å². The van der Waals surface area contributed by atoms with E-state index in [1.54, 1.807) is 34.9 Å². The summed E-state index contributed by atoms with van der Waals surface area (Å²) in [7, 11) is 0. The van der Waals surface area contributed by atoms with Crippen molar-refractivity contribution in [2.75, 3.05) is 5.32 Å². The SMILES string of the molecule is CCCc1nc2ccc(NC(=O)c3ccco3)cc2c(=O)n1Cc1ccc(-c2ccc(Cl)cc2)cc1. The number of nitrogens with one attached hydrogen (secondary N) is 1. The number of carbonyl (C=O) groups is 1. The van der Waals surface area contributed by atoms with Crippen molar-refractivity contribution in [1.29, 1.82) is 0 Å². The lowest BCUT2D eigenvalue weighted by atomic mass is 10.0. The molecule has 6 nitrogen and oxygen atoms in total. The molecule has 0 saturated heterocycles. The molecule has 0 fully saturated rings. The molecule has 2 aromatic heterocycles. The van der Waals surface area contributed by atoms with Crippen LogP contribution in [-0.4, -0.2) is 15.5 Å². The number of carbonyl (C=O) groups excluding carboxylic acids is 1. The van der Waals surface area contributed by atoms with Crippen LogP contribution in [0.1, 0.15) is 35.3 Å². The van der Waals surface area contributed by atoms with Gasteiger partial charge >= 0.3 is 0 Å². The van der Waals surface area contributed by atoms with E-state index in [2.05, 4.69) is 12.2 Å². The van der Waals surface area contributed by atoms with Gasteiger partial charge < -0.3 is 9.73 Å². The first-order valence-electron chi connectivity index (χ1n) is 11.7. The molecule has 5 rings (SSSR count). The summed E-state index contributed by atoms with van der Waals surface area (Å²) >= 11 is 6.01. The number of furan rings is 1. The van der Waals surface area contributed by atoms with E-state index in [0.29, 0.717) is 34.6 Å². The van der Waals surface area contributed by atoms with E-state index < -0.39 is 0 Å². The summed E-state index contributed by atoms with van der Waals surface area (Å²) in [4.78, 5) is 30.8. The standard InChI is InChI=1S/C29H24ClN3O3/c1-2-4-27-32-25-15-14-23(31-28(34)26-5-3-16-36-26)17-24(25)29(35)33(27)18-19-6-8-20(9-7-19)21-10-12-22(30)13-11-21/h3,5-17H,2,4,18H2,1H3,(H,31,34). The van der Waals surface area contributed by atoms with Gasteiger partial charge in [-0.05, 0) is 65.6 Å². The van der Waals surface area contributed by atoms with E-state index >= 15 is 0 Å². The lowest BCUT2D eigenvalue weighted by molar-refractivity contribution is 0.0996. The van der Waals surface area contributed by atoms with Crippen molar-refractivity contribution in [3.63, 3.8) is 0 Å². The normalized spacial score (nSPS) is 11.1. The highest BCUT2D eigenvalue weighted by atomic mass is 35.5. The molecule has 36 heavy (non-hydrogen) atoms. The van der Waals surface area contributed by atoms with Gasteiger partial charge in [-0.15, -0.1) is 0 Å². The number of aromatic nitrogens is 2. The fraction of sp³-hybridized carbons (Fsp3) is 0.138. The Bertz CT molecular complexity index is 1570. The molecule has 3 aromatic carbocycles. The van der Waals surface area contributed by atoms with Gasteiger partial charge in [0, 0.05) is 17.1 Å². The van der Waals surface area contributed by atoms with Crippen molar-refractivity contribution in [2.45, 2.75) is 26.3 Å². The van der Waals surface area contributed by atoms with Gasteiger partial charge in [-0.25, -0.2) is 4.98 Å². The number of aryl methyl sites for hydroxylation is 1. The highest BCUT2D eigenvalue weighted by Gasteiger charge is 2.14. The number of hydrogen-bond donors (Lipinski definition) is 1. The summed E-state index contributed by atoms with van der Waals surface area (Å²) in [5, 5.41) is 3.93. The molecule has 0 saturated carbocycles. The van der Waals surface area contributed by atoms with Gasteiger partial charge in [0.2, 0.25) is 0 Å². The Balaban J connectivity index is 1.47. The van der Waals surface area contributed by atoms with E-state index in [1.807, 2.05) is 48.5 Å². The van der Waals surface area contributed by atoms with Crippen LogP contribution in [0.5, 0.6) is 0 Å². The smallest absolute Gasteiger partial charge is 0.291 e. The first kappa shape index (κ1) is 23.6. The topological polar surface area (TPSA) is 77.1 Å². The molecule has 0 bridgehead atoms. The van der Waals surface area contributed by atoms with Gasteiger partial charge in [0.05, 0.1) is 23.7 Å². The molecular weight excluding hydrogens is 474 g/mol. The third-order valence-electron chi connectivity index (χ3n) is 5.98. The number of anilines is 1. The average molecular weight is 498 g/mol. The minimum absolute atomic E-state index is 0.140. The summed E-state index contributed by atoms with van der Waals surface area (Å²) in [6, 6.07) is 24.2. The first-order chi connectivity index (χ1) is 17.5. The van der Waals surface area contributed by atoms with Gasteiger partial charge in [0.25, 0.3) is 11.5 Å². The zero-order valence-corrected chi connectivity index (χ0v) is 20.5.